The van der Waals surface area contributed by atoms with E-state index < -0.39 is 6.61 Å². The number of carbonyl (C=O) groups excluding carboxylic acids is 1. The highest BCUT2D eigenvalue weighted by Gasteiger charge is 2.07. The molecule has 0 aliphatic carbocycles. The predicted molar refractivity (Wildman–Crippen MR) is 90.3 cm³/mol. The molecule has 2 aromatic carbocycles. The summed E-state index contributed by atoms with van der Waals surface area (Å²) in [5, 5.41) is 2.69. The molecule has 0 fully saturated rings. The normalized spacial score (nSPS) is 10.8. The molecule has 2 aromatic rings. The summed E-state index contributed by atoms with van der Waals surface area (Å²) in [6.07, 6.45) is 2.88. The fourth-order valence-corrected chi connectivity index (χ4v) is 2.01. The minimum Gasteiger partial charge on any atom is -0.497 e. The number of halogens is 2. The van der Waals surface area contributed by atoms with Crippen molar-refractivity contribution in [3.05, 3.63) is 54.1 Å². The Morgan fingerprint density at radius 2 is 1.72 bits per heavy atom. The van der Waals surface area contributed by atoms with Crippen LogP contribution in [0.15, 0.2) is 48.5 Å². The van der Waals surface area contributed by atoms with Crippen LogP contribution in [0.2, 0.25) is 0 Å². The van der Waals surface area contributed by atoms with Gasteiger partial charge in [0.1, 0.15) is 17.2 Å². The molecule has 0 unspecified atom stereocenters. The summed E-state index contributed by atoms with van der Waals surface area (Å²) in [6.45, 7) is -2.87. The van der Waals surface area contributed by atoms with E-state index in [-0.39, 0.29) is 11.7 Å². The Morgan fingerprint density at radius 1 is 1.04 bits per heavy atom. The second-order valence-electron chi connectivity index (χ2n) is 4.84. The molecule has 0 spiro atoms. The Morgan fingerprint density at radius 3 is 2.32 bits per heavy atom. The number of anilines is 1. The average molecular weight is 349 g/mol. The Kier molecular flexibility index (Phi) is 6.33. The van der Waals surface area contributed by atoms with Crippen molar-refractivity contribution in [2.24, 2.45) is 0 Å². The summed E-state index contributed by atoms with van der Waals surface area (Å²) in [4.78, 5) is 12.0. The zero-order chi connectivity index (χ0) is 18.2. The number of methoxy groups -OCH3 is 2. The molecule has 5 nitrogen and oxygen atoms in total. The molecule has 0 heterocycles. The zero-order valence-corrected chi connectivity index (χ0v) is 13.7. The molecule has 0 atom stereocenters. The maximum atomic E-state index is 12.1. The molecule has 0 aliphatic heterocycles. The van der Waals surface area contributed by atoms with E-state index in [9.17, 15) is 13.6 Å². The number of hydrogen-bond acceptors (Lipinski definition) is 4. The van der Waals surface area contributed by atoms with Gasteiger partial charge in [0, 0.05) is 12.1 Å². The lowest BCUT2D eigenvalue weighted by Crippen LogP contribution is -2.09. The van der Waals surface area contributed by atoms with Gasteiger partial charge >= 0.3 is 6.61 Å². The van der Waals surface area contributed by atoms with Gasteiger partial charge in [-0.15, -0.1) is 0 Å². The molecule has 1 amide bonds. The van der Waals surface area contributed by atoms with Crippen molar-refractivity contribution in [2.45, 2.75) is 6.61 Å². The number of alkyl halides is 2. The number of amides is 1. The largest absolute Gasteiger partial charge is 0.497 e. The number of ether oxygens (including phenoxy) is 3. The van der Waals surface area contributed by atoms with Gasteiger partial charge < -0.3 is 19.5 Å². The molecule has 0 radical (unpaired) electrons. The highest BCUT2D eigenvalue weighted by atomic mass is 19.3. The van der Waals surface area contributed by atoms with Crippen LogP contribution in [0.25, 0.3) is 6.08 Å². The van der Waals surface area contributed by atoms with Crippen LogP contribution in [-0.4, -0.2) is 26.7 Å². The summed E-state index contributed by atoms with van der Waals surface area (Å²) < 4.78 is 38.7. The number of rotatable bonds is 7. The zero-order valence-electron chi connectivity index (χ0n) is 13.7. The van der Waals surface area contributed by atoms with Crippen LogP contribution >= 0.6 is 0 Å². The lowest BCUT2D eigenvalue weighted by molar-refractivity contribution is -0.111. The van der Waals surface area contributed by atoms with E-state index in [0.29, 0.717) is 22.7 Å². The first-order valence-electron chi connectivity index (χ1n) is 7.28. The molecule has 1 N–H and O–H groups in total. The van der Waals surface area contributed by atoms with Gasteiger partial charge in [-0.3, -0.25) is 4.79 Å². The first-order chi connectivity index (χ1) is 12.0. The van der Waals surface area contributed by atoms with Crippen molar-refractivity contribution >= 4 is 17.7 Å². The third-order valence-electron chi connectivity index (χ3n) is 3.20. The van der Waals surface area contributed by atoms with Crippen molar-refractivity contribution in [3.63, 3.8) is 0 Å². The Bertz CT molecular complexity index is 745. The van der Waals surface area contributed by atoms with E-state index >= 15 is 0 Å². The monoisotopic (exact) mass is 349 g/mol. The predicted octanol–water partition coefficient (Wildman–Crippen LogP) is 3.96. The van der Waals surface area contributed by atoms with Crippen molar-refractivity contribution in [3.8, 4) is 17.2 Å². The molecular weight excluding hydrogens is 332 g/mol. The Labute approximate surface area is 143 Å². The van der Waals surface area contributed by atoms with Gasteiger partial charge in [-0.1, -0.05) is 12.1 Å². The third-order valence-corrected chi connectivity index (χ3v) is 3.20. The minimum absolute atomic E-state index is 0.0552. The lowest BCUT2D eigenvalue weighted by Gasteiger charge is -2.10. The van der Waals surface area contributed by atoms with Crippen LogP contribution in [0.5, 0.6) is 17.2 Å². The standard InChI is InChI=1S/C18H17F2NO4/c1-23-14-8-9-15(16(11-14)24-2)21-17(22)10-5-12-3-6-13(7-4-12)25-18(19)20/h3-11,18H,1-2H3,(H,21,22)/b10-5+. The van der Waals surface area contributed by atoms with Crippen LogP contribution in [0.4, 0.5) is 14.5 Å². The average Bonchev–Trinajstić information content (AvgIpc) is 2.61. The summed E-state index contributed by atoms with van der Waals surface area (Å²) in [7, 11) is 3.02. The van der Waals surface area contributed by atoms with Crippen LogP contribution in [0.3, 0.4) is 0 Å². The van der Waals surface area contributed by atoms with Crippen molar-refractivity contribution in [2.75, 3.05) is 19.5 Å². The van der Waals surface area contributed by atoms with Gasteiger partial charge in [-0.2, -0.15) is 8.78 Å². The number of nitrogens with one attached hydrogen (secondary N) is 1. The van der Waals surface area contributed by atoms with Gasteiger partial charge in [0.2, 0.25) is 5.91 Å². The topological polar surface area (TPSA) is 56.8 Å². The Hall–Kier alpha value is -3.09. The van der Waals surface area contributed by atoms with E-state index in [1.165, 1.54) is 32.4 Å². The maximum Gasteiger partial charge on any atom is 0.387 e. The number of hydrogen-bond donors (Lipinski definition) is 1. The first-order valence-corrected chi connectivity index (χ1v) is 7.28. The van der Waals surface area contributed by atoms with Crippen LogP contribution in [0.1, 0.15) is 5.56 Å². The van der Waals surface area contributed by atoms with Gasteiger partial charge in [0.25, 0.3) is 0 Å². The van der Waals surface area contributed by atoms with Crippen LogP contribution in [0, 0.1) is 0 Å². The molecule has 2 rings (SSSR count). The quantitative estimate of drug-likeness (QED) is 0.769. The molecule has 25 heavy (non-hydrogen) atoms. The smallest absolute Gasteiger partial charge is 0.387 e. The van der Waals surface area contributed by atoms with Crippen LogP contribution < -0.4 is 19.5 Å². The third kappa shape index (κ3) is 5.49. The fourth-order valence-electron chi connectivity index (χ4n) is 2.01. The Balaban J connectivity index is 2.01. The molecule has 0 aliphatic rings. The first kappa shape index (κ1) is 18.3. The molecule has 0 saturated carbocycles. The highest BCUT2D eigenvalue weighted by molar-refractivity contribution is 6.02. The molecular formula is C18H17F2NO4. The second kappa shape index (κ2) is 8.68. The van der Waals surface area contributed by atoms with E-state index in [4.69, 9.17) is 9.47 Å². The SMILES string of the molecule is COc1ccc(NC(=O)/C=C/c2ccc(OC(F)F)cc2)c(OC)c1. The van der Waals surface area contributed by atoms with Gasteiger partial charge in [-0.05, 0) is 35.9 Å². The number of benzene rings is 2. The van der Waals surface area contributed by atoms with Crippen molar-refractivity contribution < 1.29 is 27.8 Å². The van der Waals surface area contributed by atoms with Gasteiger partial charge in [-0.25, -0.2) is 0 Å². The van der Waals surface area contributed by atoms with E-state index in [1.807, 2.05) is 0 Å². The maximum absolute atomic E-state index is 12.1. The number of carbonyl (C=O) groups is 1. The molecule has 132 valence electrons. The van der Waals surface area contributed by atoms with Crippen molar-refractivity contribution in [1.29, 1.82) is 0 Å². The summed E-state index contributed by atoms with van der Waals surface area (Å²) in [5.74, 6) is 0.766. The van der Waals surface area contributed by atoms with Crippen LogP contribution in [-0.2, 0) is 4.79 Å². The molecule has 0 bridgehead atoms. The summed E-state index contributed by atoms with van der Waals surface area (Å²) in [5.41, 5.74) is 1.16. The summed E-state index contributed by atoms with van der Waals surface area (Å²) >= 11 is 0. The van der Waals surface area contributed by atoms with E-state index in [1.54, 1.807) is 36.4 Å². The van der Waals surface area contributed by atoms with Gasteiger partial charge in [0.15, 0.2) is 0 Å². The minimum atomic E-state index is -2.87. The summed E-state index contributed by atoms with van der Waals surface area (Å²) in [6, 6.07) is 10.9. The van der Waals surface area contributed by atoms with Gasteiger partial charge in [0.05, 0.1) is 19.9 Å². The van der Waals surface area contributed by atoms with E-state index in [2.05, 4.69) is 10.1 Å². The lowest BCUT2D eigenvalue weighted by atomic mass is 10.2. The molecule has 0 saturated heterocycles. The molecule has 7 heteroatoms. The van der Waals surface area contributed by atoms with E-state index in [0.717, 1.165) is 0 Å². The second-order valence-corrected chi connectivity index (χ2v) is 4.84. The molecule has 0 aromatic heterocycles. The fraction of sp³-hybridized carbons (Fsp3) is 0.167. The van der Waals surface area contributed by atoms with Crippen molar-refractivity contribution in [1.82, 2.24) is 0 Å². The highest BCUT2D eigenvalue weighted by Crippen LogP contribution is 2.29.